The third-order valence-electron chi connectivity index (χ3n) is 5.83. The zero-order chi connectivity index (χ0) is 21.9. The Bertz CT molecular complexity index is 1260. The molecule has 1 fully saturated rings. The lowest BCUT2D eigenvalue weighted by Crippen LogP contribution is -2.38. The number of fused-ring (bicyclic) bond motifs is 2. The van der Waals surface area contributed by atoms with Crippen molar-refractivity contribution in [2.45, 2.75) is 13.2 Å². The van der Waals surface area contributed by atoms with Crippen molar-refractivity contribution in [2.24, 2.45) is 0 Å². The van der Waals surface area contributed by atoms with Gasteiger partial charge in [0, 0.05) is 31.8 Å². The van der Waals surface area contributed by atoms with Crippen molar-refractivity contribution in [1.29, 1.82) is 0 Å². The van der Waals surface area contributed by atoms with Gasteiger partial charge in [0.1, 0.15) is 6.61 Å². The van der Waals surface area contributed by atoms with Gasteiger partial charge in [-0.2, -0.15) is 0 Å². The summed E-state index contributed by atoms with van der Waals surface area (Å²) in [5.74, 6) is 0.416. The normalized spacial score (nSPS) is 14.8. The molecule has 1 aliphatic rings. The highest BCUT2D eigenvalue weighted by Crippen LogP contribution is 2.30. The maximum Gasteiger partial charge on any atom is 0.270 e. The van der Waals surface area contributed by atoms with E-state index in [1.807, 2.05) is 22.9 Å². The topological polar surface area (TPSA) is 82.7 Å². The molecular weight excluding hydrogens is 408 g/mol. The van der Waals surface area contributed by atoms with Crippen molar-refractivity contribution in [3.05, 3.63) is 76.3 Å². The number of nitro groups is 1. The third kappa shape index (κ3) is 4.28. The fourth-order valence-corrected chi connectivity index (χ4v) is 4.07. The minimum Gasteiger partial charge on any atom is -0.471 e. The average molecular weight is 432 g/mol. The van der Waals surface area contributed by atoms with Crippen LogP contribution >= 0.6 is 0 Å². The van der Waals surface area contributed by atoms with Gasteiger partial charge in [-0.3, -0.25) is 19.7 Å². The summed E-state index contributed by atoms with van der Waals surface area (Å²) in [6.45, 7) is 5.13. The molecule has 1 saturated heterocycles. The number of rotatable bonds is 7. The van der Waals surface area contributed by atoms with Gasteiger partial charge in [0.05, 0.1) is 35.6 Å². The fourth-order valence-electron chi connectivity index (χ4n) is 4.07. The van der Waals surface area contributed by atoms with Gasteiger partial charge in [-0.25, -0.2) is 0 Å². The van der Waals surface area contributed by atoms with Crippen LogP contribution in [-0.2, 0) is 17.9 Å². The molecule has 4 aromatic rings. The predicted molar refractivity (Wildman–Crippen MR) is 122 cm³/mol. The summed E-state index contributed by atoms with van der Waals surface area (Å²) in [6.07, 6.45) is 0. The van der Waals surface area contributed by atoms with E-state index in [0.717, 1.165) is 49.3 Å². The maximum absolute atomic E-state index is 11.3. The first kappa shape index (κ1) is 20.4. The van der Waals surface area contributed by atoms with E-state index in [4.69, 9.17) is 9.47 Å². The quantitative estimate of drug-likeness (QED) is 0.324. The number of hydrogen-bond acceptors (Lipinski definition) is 6. The summed E-state index contributed by atoms with van der Waals surface area (Å²) in [6, 6.07) is 19.2. The number of hydrogen-bond donors (Lipinski definition) is 0. The molecule has 1 aromatic heterocycles. The Morgan fingerprint density at radius 1 is 1.00 bits per heavy atom. The smallest absolute Gasteiger partial charge is 0.270 e. The van der Waals surface area contributed by atoms with E-state index >= 15 is 0 Å². The molecule has 8 nitrogen and oxygen atoms in total. The van der Waals surface area contributed by atoms with E-state index in [1.54, 1.807) is 12.1 Å². The Hall–Kier alpha value is -3.49. The highest BCUT2D eigenvalue weighted by Gasteiger charge is 2.18. The van der Waals surface area contributed by atoms with Crippen molar-refractivity contribution in [3.63, 3.8) is 0 Å². The van der Waals surface area contributed by atoms with E-state index in [2.05, 4.69) is 34.3 Å². The molecular formula is C24H24N4O4. The fraction of sp³-hybridized carbons (Fsp3) is 0.292. The molecule has 0 amide bonds. The second kappa shape index (κ2) is 8.94. The van der Waals surface area contributed by atoms with Crippen molar-refractivity contribution in [1.82, 2.24) is 14.7 Å². The second-order valence-electron chi connectivity index (χ2n) is 7.91. The highest BCUT2D eigenvalue weighted by molar-refractivity contribution is 5.87. The molecule has 1 aliphatic heterocycles. The molecule has 32 heavy (non-hydrogen) atoms. The van der Waals surface area contributed by atoms with E-state index in [0.29, 0.717) is 24.4 Å². The molecule has 0 atom stereocenters. The standard InChI is InChI=1S/C24H24N4O4/c29-28(30)21-7-8-23-22(16-21)24(25-27(23)10-9-26-11-13-31-14-12-26)32-17-18-5-6-19-3-1-2-4-20(19)15-18/h1-8,15-16H,9-14,17H2. The third-order valence-corrected chi connectivity index (χ3v) is 5.83. The van der Waals surface area contributed by atoms with E-state index in [-0.39, 0.29) is 5.69 Å². The van der Waals surface area contributed by atoms with Crippen LogP contribution in [0.5, 0.6) is 5.88 Å². The average Bonchev–Trinajstić information content (AvgIpc) is 3.19. The summed E-state index contributed by atoms with van der Waals surface area (Å²) in [5, 5.41) is 19.0. The summed E-state index contributed by atoms with van der Waals surface area (Å²) in [4.78, 5) is 13.3. The molecule has 0 spiro atoms. The van der Waals surface area contributed by atoms with Gasteiger partial charge in [0.25, 0.3) is 5.69 Å². The Labute approximate surface area is 185 Å². The van der Waals surface area contributed by atoms with Crippen molar-refractivity contribution >= 4 is 27.4 Å². The Morgan fingerprint density at radius 3 is 2.62 bits per heavy atom. The molecule has 3 aromatic carbocycles. The molecule has 5 rings (SSSR count). The van der Waals surface area contributed by atoms with E-state index in [1.165, 1.54) is 11.5 Å². The number of aromatic nitrogens is 2. The molecule has 0 unspecified atom stereocenters. The van der Waals surface area contributed by atoms with Gasteiger partial charge in [0.2, 0.25) is 5.88 Å². The summed E-state index contributed by atoms with van der Waals surface area (Å²) < 4.78 is 13.4. The highest BCUT2D eigenvalue weighted by atomic mass is 16.6. The van der Waals surface area contributed by atoms with Crippen LogP contribution < -0.4 is 4.74 Å². The van der Waals surface area contributed by atoms with Gasteiger partial charge >= 0.3 is 0 Å². The van der Waals surface area contributed by atoms with Gasteiger partial charge in [0.15, 0.2) is 0 Å². The van der Waals surface area contributed by atoms with Crippen LogP contribution in [0, 0.1) is 10.1 Å². The Balaban J connectivity index is 1.40. The molecule has 164 valence electrons. The number of ether oxygens (including phenoxy) is 2. The van der Waals surface area contributed by atoms with Crippen LogP contribution in [0.25, 0.3) is 21.7 Å². The molecule has 0 aliphatic carbocycles. The first-order valence-corrected chi connectivity index (χ1v) is 10.7. The number of benzene rings is 3. The molecule has 0 saturated carbocycles. The molecule has 8 heteroatoms. The first-order valence-electron chi connectivity index (χ1n) is 10.7. The van der Waals surface area contributed by atoms with Gasteiger partial charge in [-0.15, -0.1) is 5.10 Å². The number of nitro benzene ring substituents is 1. The van der Waals surface area contributed by atoms with Crippen molar-refractivity contribution < 1.29 is 14.4 Å². The predicted octanol–water partition coefficient (Wildman–Crippen LogP) is 4.01. The monoisotopic (exact) mass is 432 g/mol. The molecule has 0 radical (unpaired) electrons. The lowest BCUT2D eigenvalue weighted by atomic mass is 10.1. The lowest BCUT2D eigenvalue weighted by Gasteiger charge is -2.26. The van der Waals surface area contributed by atoms with Crippen LogP contribution in [0.3, 0.4) is 0 Å². The Morgan fingerprint density at radius 2 is 1.81 bits per heavy atom. The zero-order valence-electron chi connectivity index (χ0n) is 17.6. The zero-order valence-corrected chi connectivity index (χ0v) is 17.6. The van der Waals surface area contributed by atoms with E-state index in [9.17, 15) is 10.1 Å². The van der Waals surface area contributed by atoms with Crippen LogP contribution in [0.2, 0.25) is 0 Å². The van der Waals surface area contributed by atoms with Crippen LogP contribution in [0.15, 0.2) is 60.7 Å². The minimum atomic E-state index is -0.391. The second-order valence-corrected chi connectivity index (χ2v) is 7.91. The van der Waals surface area contributed by atoms with Gasteiger partial charge < -0.3 is 9.47 Å². The van der Waals surface area contributed by atoms with E-state index < -0.39 is 4.92 Å². The number of morpholine rings is 1. The largest absolute Gasteiger partial charge is 0.471 e. The SMILES string of the molecule is O=[N+]([O-])c1ccc2c(c1)c(OCc1ccc3ccccc3c1)nn2CCN1CCOCC1. The summed E-state index contributed by atoms with van der Waals surface area (Å²) >= 11 is 0. The lowest BCUT2D eigenvalue weighted by molar-refractivity contribution is -0.384. The minimum absolute atomic E-state index is 0.0285. The van der Waals surface area contributed by atoms with Gasteiger partial charge in [-0.1, -0.05) is 36.4 Å². The van der Waals surface area contributed by atoms with Crippen LogP contribution in [0.1, 0.15) is 5.56 Å². The molecule has 0 N–H and O–H groups in total. The summed E-state index contributed by atoms with van der Waals surface area (Å²) in [5.41, 5.74) is 1.88. The Kier molecular flexibility index (Phi) is 5.70. The van der Waals surface area contributed by atoms with Crippen LogP contribution in [0.4, 0.5) is 5.69 Å². The maximum atomic E-state index is 11.3. The number of nitrogens with zero attached hydrogens (tertiary/aromatic N) is 4. The van der Waals surface area contributed by atoms with Gasteiger partial charge in [-0.05, 0) is 28.5 Å². The van der Waals surface area contributed by atoms with Crippen molar-refractivity contribution in [3.8, 4) is 5.88 Å². The van der Waals surface area contributed by atoms with Crippen LogP contribution in [-0.4, -0.2) is 52.5 Å². The molecule has 0 bridgehead atoms. The number of non-ortho nitro benzene ring substituents is 1. The molecule has 2 heterocycles. The van der Waals surface area contributed by atoms with Crippen molar-refractivity contribution in [2.75, 3.05) is 32.8 Å². The summed E-state index contributed by atoms with van der Waals surface area (Å²) in [7, 11) is 0. The first-order chi connectivity index (χ1) is 15.7.